The van der Waals surface area contributed by atoms with E-state index in [1.165, 1.54) is 0 Å². The van der Waals surface area contributed by atoms with Crippen LogP contribution < -0.4 is 5.73 Å². The predicted octanol–water partition coefficient (Wildman–Crippen LogP) is 2.28. The molecule has 0 aliphatic rings. The molecule has 0 fully saturated rings. The molecule has 2 aromatic heterocycles. The van der Waals surface area contributed by atoms with Crippen molar-refractivity contribution in [2.45, 2.75) is 0 Å². The summed E-state index contributed by atoms with van der Waals surface area (Å²) in [7, 11) is 0. The number of imidazole rings is 1. The zero-order chi connectivity index (χ0) is 13.4. The van der Waals surface area contributed by atoms with Crippen molar-refractivity contribution >= 4 is 17.2 Å². The van der Waals surface area contributed by atoms with Crippen molar-refractivity contribution < 1.29 is 9.90 Å². The fourth-order valence-electron chi connectivity index (χ4n) is 2.05. The average Bonchev–Trinajstić information content (AvgIpc) is 2.84. The van der Waals surface area contributed by atoms with Crippen LogP contribution in [0.25, 0.3) is 16.9 Å². The maximum Gasteiger partial charge on any atom is 0.335 e. The Labute approximate surface area is 108 Å². The van der Waals surface area contributed by atoms with E-state index < -0.39 is 5.97 Å². The summed E-state index contributed by atoms with van der Waals surface area (Å²) in [5, 5.41) is 9.02. The van der Waals surface area contributed by atoms with Crippen molar-refractivity contribution in [3.63, 3.8) is 0 Å². The van der Waals surface area contributed by atoms with E-state index in [1.54, 1.807) is 30.5 Å². The van der Waals surface area contributed by atoms with Crippen LogP contribution in [0.15, 0.2) is 48.8 Å². The Kier molecular flexibility index (Phi) is 2.45. The number of aromatic nitrogens is 2. The molecule has 0 spiro atoms. The molecular weight excluding hydrogens is 242 g/mol. The summed E-state index contributed by atoms with van der Waals surface area (Å²) in [5.74, 6) is -0.285. The normalized spacial score (nSPS) is 10.7. The van der Waals surface area contributed by atoms with Gasteiger partial charge in [0, 0.05) is 11.8 Å². The molecule has 2 heterocycles. The van der Waals surface area contributed by atoms with Gasteiger partial charge in [0.25, 0.3) is 0 Å². The highest BCUT2D eigenvalue weighted by Crippen LogP contribution is 2.23. The van der Waals surface area contributed by atoms with E-state index in [2.05, 4.69) is 4.98 Å². The number of hydrogen-bond donors (Lipinski definition) is 2. The van der Waals surface area contributed by atoms with Crippen molar-refractivity contribution in [3.8, 4) is 11.4 Å². The standard InChI is InChI=1S/C14H11N3O2/c15-11-5-2-6-17-12(11)8-16-13(17)9-3-1-4-10(7-9)14(18)19/h1-8H,15H2,(H,18,19). The van der Waals surface area contributed by atoms with Crippen molar-refractivity contribution in [1.82, 2.24) is 9.38 Å². The number of carboxylic acid groups (broad SMARTS) is 1. The second kappa shape index (κ2) is 4.13. The summed E-state index contributed by atoms with van der Waals surface area (Å²) >= 11 is 0. The van der Waals surface area contributed by atoms with E-state index in [1.807, 2.05) is 22.7 Å². The summed E-state index contributed by atoms with van der Waals surface area (Å²) in [6.07, 6.45) is 3.53. The molecule has 19 heavy (non-hydrogen) atoms. The number of nitrogens with zero attached hydrogens (tertiary/aromatic N) is 2. The number of fused-ring (bicyclic) bond motifs is 1. The molecular formula is C14H11N3O2. The van der Waals surface area contributed by atoms with Gasteiger partial charge in [-0.3, -0.25) is 4.40 Å². The van der Waals surface area contributed by atoms with Crippen LogP contribution in [0.2, 0.25) is 0 Å². The minimum absolute atomic E-state index is 0.234. The number of hydrogen-bond acceptors (Lipinski definition) is 3. The summed E-state index contributed by atoms with van der Waals surface area (Å²) < 4.78 is 1.84. The molecule has 0 unspecified atom stereocenters. The van der Waals surface area contributed by atoms with E-state index in [9.17, 15) is 4.79 Å². The second-order valence-corrected chi connectivity index (χ2v) is 4.19. The first-order valence-corrected chi connectivity index (χ1v) is 5.72. The molecule has 5 nitrogen and oxygen atoms in total. The highest BCUT2D eigenvalue weighted by Gasteiger charge is 2.10. The van der Waals surface area contributed by atoms with E-state index in [-0.39, 0.29) is 5.56 Å². The number of pyridine rings is 1. The Balaban J connectivity index is 2.22. The Bertz CT molecular complexity index is 777. The molecule has 3 aromatic rings. The Morgan fingerprint density at radius 1 is 1.26 bits per heavy atom. The molecule has 0 radical (unpaired) electrons. The molecule has 0 saturated heterocycles. The van der Waals surface area contributed by atoms with Gasteiger partial charge in [-0.2, -0.15) is 0 Å². The van der Waals surface area contributed by atoms with Crippen molar-refractivity contribution in [1.29, 1.82) is 0 Å². The van der Waals surface area contributed by atoms with E-state index in [4.69, 9.17) is 10.8 Å². The summed E-state index contributed by atoms with van der Waals surface area (Å²) in [5.41, 5.74) is 8.29. The molecule has 94 valence electrons. The minimum Gasteiger partial charge on any atom is -0.478 e. The van der Waals surface area contributed by atoms with Crippen LogP contribution >= 0.6 is 0 Å². The number of carboxylic acids is 1. The molecule has 3 rings (SSSR count). The van der Waals surface area contributed by atoms with E-state index >= 15 is 0 Å². The van der Waals surface area contributed by atoms with Crippen LogP contribution in [0.5, 0.6) is 0 Å². The van der Waals surface area contributed by atoms with Gasteiger partial charge in [-0.05, 0) is 24.3 Å². The Hall–Kier alpha value is -2.82. The third kappa shape index (κ3) is 1.81. The van der Waals surface area contributed by atoms with Gasteiger partial charge in [0.15, 0.2) is 0 Å². The quantitative estimate of drug-likeness (QED) is 0.734. The van der Waals surface area contributed by atoms with Crippen LogP contribution in [-0.4, -0.2) is 20.5 Å². The number of anilines is 1. The predicted molar refractivity (Wildman–Crippen MR) is 72.0 cm³/mol. The third-order valence-electron chi connectivity index (χ3n) is 2.97. The van der Waals surface area contributed by atoms with Gasteiger partial charge in [0.05, 0.1) is 23.0 Å². The van der Waals surface area contributed by atoms with Crippen LogP contribution in [0.1, 0.15) is 10.4 Å². The van der Waals surface area contributed by atoms with E-state index in [0.717, 1.165) is 11.1 Å². The molecule has 0 aliphatic carbocycles. The second-order valence-electron chi connectivity index (χ2n) is 4.19. The lowest BCUT2D eigenvalue weighted by Crippen LogP contribution is -1.97. The topological polar surface area (TPSA) is 80.6 Å². The van der Waals surface area contributed by atoms with Crippen molar-refractivity contribution in [2.75, 3.05) is 5.73 Å². The Morgan fingerprint density at radius 2 is 2.11 bits per heavy atom. The lowest BCUT2D eigenvalue weighted by atomic mass is 10.1. The van der Waals surface area contributed by atoms with E-state index in [0.29, 0.717) is 11.5 Å². The first kappa shape index (κ1) is 11.3. The van der Waals surface area contributed by atoms with Gasteiger partial charge in [-0.1, -0.05) is 12.1 Å². The fraction of sp³-hybridized carbons (Fsp3) is 0. The largest absolute Gasteiger partial charge is 0.478 e. The van der Waals surface area contributed by atoms with Crippen LogP contribution in [0.3, 0.4) is 0 Å². The lowest BCUT2D eigenvalue weighted by Gasteiger charge is -2.03. The lowest BCUT2D eigenvalue weighted by molar-refractivity contribution is 0.0697. The van der Waals surface area contributed by atoms with Crippen molar-refractivity contribution in [2.24, 2.45) is 0 Å². The zero-order valence-corrected chi connectivity index (χ0v) is 9.95. The maximum absolute atomic E-state index is 11.0. The minimum atomic E-state index is -0.956. The monoisotopic (exact) mass is 253 g/mol. The van der Waals surface area contributed by atoms with Gasteiger partial charge in [0.2, 0.25) is 0 Å². The highest BCUT2D eigenvalue weighted by molar-refractivity contribution is 5.89. The maximum atomic E-state index is 11.0. The molecule has 3 N–H and O–H groups in total. The van der Waals surface area contributed by atoms with Gasteiger partial charge in [0.1, 0.15) is 5.82 Å². The van der Waals surface area contributed by atoms with Crippen molar-refractivity contribution in [3.05, 3.63) is 54.4 Å². The van der Waals surface area contributed by atoms with Gasteiger partial charge < -0.3 is 10.8 Å². The van der Waals surface area contributed by atoms with Crippen LogP contribution in [-0.2, 0) is 0 Å². The molecule has 0 aliphatic heterocycles. The SMILES string of the molecule is Nc1cccn2c(-c3cccc(C(=O)O)c3)ncc12. The van der Waals surface area contributed by atoms with Crippen LogP contribution in [0, 0.1) is 0 Å². The smallest absolute Gasteiger partial charge is 0.335 e. The number of nitrogens with two attached hydrogens (primary N) is 1. The van der Waals surface area contributed by atoms with Crippen LogP contribution in [0.4, 0.5) is 5.69 Å². The molecule has 0 bridgehead atoms. The Morgan fingerprint density at radius 3 is 2.89 bits per heavy atom. The molecule has 0 atom stereocenters. The summed E-state index contributed by atoms with van der Waals surface area (Å²) in [4.78, 5) is 15.3. The highest BCUT2D eigenvalue weighted by atomic mass is 16.4. The average molecular weight is 253 g/mol. The first-order valence-electron chi connectivity index (χ1n) is 5.72. The number of carbonyl (C=O) groups is 1. The molecule has 5 heteroatoms. The van der Waals surface area contributed by atoms with Gasteiger partial charge >= 0.3 is 5.97 Å². The summed E-state index contributed by atoms with van der Waals surface area (Å²) in [6.45, 7) is 0. The fourth-order valence-corrected chi connectivity index (χ4v) is 2.05. The summed E-state index contributed by atoms with van der Waals surface area (Å²) in [6, 6.07) is 10.3. The first-order chi connectivity index (χ1) is 9.16. The molecule has 1 aromatic carbocycles. The number of aromatic carboxylic acids is 1. The number of nitrogen functional groups attached to an aromatic ring is 1. The molecule has 0 saturated carbocycles. The van der Waals surface area contributed by atoms with Gasteiger partial charge in [-0.25, -0.2) is 9.78 Å². The third-order valence-corrected chi connectivity index (χ3v) is 2.97. The number of rotatable bonds is 2. The molecule has 0 amide bonds. The number of benzene rings is 1. The van der Waals surface area contributed by atoms with Gasteiger partial charge in [-0.15, -0.1) is 0 Å². The zero-order valence-electron chi connectivity index (χ0n) is 9.95.